The van der Waals surface area contributed by atoms with Crippen molar-refractivity contribution in [1.29, 1.82) is 0 Å². The number of nitrogens with one attached hydrogen (secondary N) is 1. The van der Waals surface area contributed by atoms with E-state index in [1.807, 2.05) is 0 Å². The molecule has 0 aliphatic carbocycles. The van der Waals surface area contributed by atoms with Gasteiger partial charge in [0.2, 0.25) is 0 Å². The van der Waals surface area contributed by atoms with Gasteiger partial charge in [0.1, 0.15) is 0 Å². The van der Waals surface area contributed by atoms with Gasteiger partial charge in [-0.15, -0.1) is 0 Å². The monoisotopic (exact) mass is 275 g/mol. The molecule has 3 nitrogen and oxygen atoms in total. The molecular formula is C17H29N3. The Labute approximate surface area is 124 Å². The summed E-state index contributed by atoms with van der Waals surface area (Å²) >= 11 is 0. The van der Waals surface area contributed by atoms with Crippen molar-refractivity contribution in [2.75, 3.05) is 40.3 Å². The zero-order valence-electron chi connectivity index (χ0n) is 13.4. The molecule has 0 aromatic heterocycles. The van der Waals surface area contributed by atoms with Gasteiger partial charge >= 0.3 is 0 Å². The number of likely N-dealkylation sites (N-methyl/N-ethyl adjacent to an activating group) is 2. The van der Waals surface area contributed by atoms with Crippen molar-refractivity contribution in [3.05, 3.63) is 35.4 Å². The number of hydrogen-bond donors (Lipinski definition) is 1. The van der Waals surface area contributed by atoms with E-state index in [1.165, 1.54) is 24.1 Å². The number of aryl methyl sites for hydroxylation is 1. The third-order valence-corrected chi connectivity index (χ3v) is 4.33. The second-order valence-corrected chi connectivity index (χ2v) is 6.15. The van der Waals surface area contributed by atoms with E-state index in [1.54, 1.807) is 0 Å². The van der Waals surface area contributed by atoms with Crippen LogP contribution in [0.1, 0.15) is 30.5 Å². The normalized spacial score (nSPS) is 22.9. The molecule has 0 amide bonds. The van der Waals surface area contributed by atoms with Crippen LogP contribution in [0.3, 0.4) is 0 Å². The summed E-state index contributed by atoms with van der Waals surface area (Å²) in [7, 11) is 4.48. The summed E-state index contributed by atoms with van der Waals surface area (Å²) in [5.41, 5.74) is 2.74. The van der Waals surface area contributed by atoms with E-state index in [-0.39, 0.29) is 0 Å². The van der Waals surface area contributed by atoms with E-state index in [9.17, 15) is 0 Å². The zero-order chi connectivity index (χ0) is 14.5. The summed E-state index contributed by atoms with van der Waals surface area (Å²) in [5, 5.41) is 3.76. The third kappa shape index (κ3) is 3.81. The minimum atomic E-state index is 0.420. The molecule has 1 heterocycles. The predicted molar refractivity (Wildman–Crippen MR) is 86.1 cm³/mol. The summed E-state index contributed by atoms with van der Waals surface area (Å²) in [5.74, 6) is 0. The van der Waals surface area contributed by atoms with Crippen molar-refractivity contribution in [2.45, 2.75) is 32.4 Å². The van der Waals surface area contributed by atoms with Crippen LogP contribution >= 0.6 is 0 Å². The molecular weight excluding hydrogens is 246 g/mol. The molecule has 2 rings (SSSR count). The van der Waals surface area contributed by atoms with Gasteiger partial charge in [-0.25, -0.2) is 0 Å². The molecule has 0 bridgehead atoms. The smallest absolute Gasteiger partial charge is 0.0490 e. The molecule has 1 saturated heterocycles. The van der Waals surface area contributed by atoms with Crippen LogP contribution in [-0.2, 0) is 0 Å². The second kappa shape index (κ2) is 7.21. The van der Waals surface area contributed by atoms with Crippen LogP contribution in [-0.4, -0.2) is 56.1 Å². The van der Waals surface area contributed by atoms with Gasteiger partial charge in [0.05, 0.1) is 0 Å². The number of rotatable bonds is 5. The van der Waals surface area contributed by atoms with Crippen molar-refractivity contribution in [3.63, 3.8) is 0 Å². The standard InChI is InChI=1S/C17H29N3/c1-5-10-18-17(15-8-6-14(2)7-9-15)16-13-19(3)11-12-20(16)4/h6-9,16-18H,5,10-13H2,1-4H3. The highest BCUT2D eigenvalue weighted by Gasteiger charge is 2.30. The topological polar surface area (TPSA) is 18.5 Å². The number of hydrogen-bond acceptors (Lipinski definition) is 3. The Bertz CT molecular complexity index is 401. The Kier molecular flexibility index (Phi) is 5.58. The molecule has 1 N–H and O–H groups in total. The lowest BCUT2D eigenvalue weighted by molar-refractivity contribution is 0.0876. The Morgan fingerprint density at radius 3 is 2.55 bits per heavy atom. The van der Waals surface area contributed by atoms with Gasteiger partial charge in [-0.1, -0.05) is 36.8 Å². The molecule has 0 saturated carbocycles. The summed E-state index contributed by atoms with van der Waals surface area (Å²) in [6.45, 7) is 8.91. The highest BCUT2D eigenvalue weighted by atomic mass is 15.3. The van der Waals surface area contributed by atoms with Crippen molar-refractivity contribution in [2.24, 2.45) is 0 Å². The average molecular weight is 275 g/mol. The van der Waals surface area contributed by atoms with Crippen LogP contribution in [0.15, 0.2) is 24.3 Å². The summed E-state index contributed by atoms with van der Waals surface area (Å²) < 4.78 is 0. The van der Waals surface area contributed by atoms with Crippen LogP contribution in [0, 0.1) is 6.92 Å². The minimum Gasteiger partial charge on any atom is -0.309 e. The molecule has 112 valence electrons. The van der Waals surface area contributed by atoms with E-state index in [0.717, 1.165) is 19.6 Å². The highest BCUT2D eigenvalue weighted by Crippen LogP contribution is 2.23. The van der Waals surface area contributed by atoms with Gasteiger partial charge in [-0.3, -0.25) is 4.90 Å². The Morgan fingerprint density at radius 2 is 1.90 bits per heavy atom. The summed E-state index contributed by atoms with van der Waals surface area (Å²) in [4.78, 5) is 4.95. The van der Waals surface area contributed by atoms with Crippen LogP contribution in [0.2, 0.25) is 0 Å². The average Bonchev–Trinajstić information content (AvgIpc) is 2.44. The minimum absolute atomic E-state index is 0.420. The summed E-state index contributed by atoms with van der Waals surface area (Å²) in [6.07, 6.45) is 1.18. The maximum atomic E-state index is 3.76. The first-order valence-electron chi connectivity index (χ1n) is 7.80. The molecule has 2 atom stereocenters. The Hall–Kier alpha value is -0.900. The predicted octanol–water partition coefficient (Wildman–Crippen LogP) is 2.28. The number of benzene rings is 1. The van der Waals surface area contributed by atoms with E-state index < -0.39 is 0 Å². The van der Waals surface area contributed by atoms with Gasteiger partial charge < -0.3 is 10.2 Å². The Balaban J connectivity index is 2.19. The first-order chi connectivity index (χ1) is 9.61. The second-order valence-electron chi connectivity index (χ2n) is 6.15. The van der Waals surface area contributed by atoms with Gasteiger partial charge in [0.15, 0.2) is 0 Å². The Morgan fingerprint density at radius 1 is 1.20 bits per heavy atom. The van der Waals surface area contributed by atoms with E-state index in [4.69, 9.17) is 0 Å². The van der Waals surface area contributed by atoms with Crippen molar-refractivity contribution in [3.8, 4) is 0 Å². The zero-order valence-corrected chi connectivity index (χ0v) is 13.4. The van der Waals surface area contributed by atoms with E-state index >= 15 is 0 Å². The first-order valence-corrected chi connectivity index (χ1v) is 7.80. The van der Waals surface area contributed by atoms with E-state index in [0.29, 0.717) is 12.1 Å². The molecule has 0 radical (unpaired) electrons. The quantitative estimate of drug-likeness (QED) is 0.889. The molecule has 1 aliphatic heterocycles. The van der Waals surface area contributed by atoms with Crippen LogP contribution in [0.4, 0.5) is 0 Å². The molecule has 0 spiro atoms. The van der Waals surface area contributed by atoms with Crippen molar-refractivity contribution in [1.82, 2.24) is 15.1 Å². The molecule has 20 heavy (non-hydrogen) atoms. The highest BCUT2D eigenvalue weighted by molar-refractivity contribution is 5.25. The molecule has 1 fully saturated rings. The maximum absolute atomic E-state index is 3.76. The molecule has 2 unspecified atom stereocenters. The largest absolute Gasteiger partial charge is 0.309 e. The molecule has 1 aliphatic rings. The first kappa shape index (κ1) is 15.5. The lowest BCUT2D eigenvalue weighted by Crippen LogP contribution is -2.55. The molecule has 1 aromatic rings. The fourth-order valence-electron chi connectivity index (χ4n) is 2.95. The number of piperazine rings is 1. The van der Waals surface area contributed by atoms with Crippen LogP contribution < -0.4 is 5.32 Å². The number of nitrogens with zero attached hydrogens (tertiary/aromatic N) is 2. The van der Waals surface area contributed by atoms with Crippen molar-refractivity contribution >= 4 is 0 Å². The third-order valence-electron chi connectivity index (χ3n) is 4.33. The fraction of sp³-hybridized carbons (Fsp3) is 0.647. The lowest BCUT2D eigenvalue weighted by atomic mass is 9.95. The fourth-order valence-corrected chi connectivity index (χ4v) is 2.95. The van der Waals surface area contributed by atoms with Crippen molar-refractivity contribution < 1.29 is 0 Å². The molecule has 1 aromatic carbocycles. The van der Waals surface area contributed by atoms with Crippen LogP contribution in [0.5, 0.6) is 0 Å². The lowest BCUT2D eigenvalue weighted by Gasteiger charge is -2.42. The van der Waals surface area contributed by atoms with Gasteiger partial charge in [-0.05, 0) is 39.5 Å². The maximum Gasteiger partial charge on any atom is 0.0490 e. The van der Waals surface area contributed by atoms with Gasteiger partial charge in [-0.2, -0.15) is 0 Å². The molecule has 3 heteroatoms. The van der Waals surface area contributed by atoms with Crippen LogP contribution in [0.25, 0.3) is 0 Å². The van der Waals surface area contributed by atoms with E-state index in [2.05, 4.69) is 67.3 Å². The van der Waals surface area contributed by atoms with Gasteiger partial charge in [0, 0.05) is 31.7 Å². The SMILES string of the molecule is CCCNC(c1ccc(C)cc1)C1CN(C)CCN1C. The summed E-state index contributed by atoms with van der Waals surface area (Å²) in [6, 6.07) is 9.98. The van der Waals surface area contributed by atoms with Gasteiger partial charge in [0.25, 0.3) is 0 Å².